The van der Waals surface area contributed by atoms with Crippen LogP contribution in [0.4, 0.5) is 17.3 Å². The zero-order chi connectivity index (χ0) is 45.3. The molecule has 0 spiro atoms. The van der Waals surface area contributed by atoms with Gasteiger partial charge in [-0.15, -0.1) is 0 Å². The Morgan fingerprint density at radius 2 is 1.39 bits per heavy atom. The molecule has 2 amide bonds. The van der Waals surface area contributed by atoms with Gasteiger partial charge in [0.1, 0.15) is 11.5 Å². The van der Waals surface area contributed by atoms with Crippen molar-refractivity contribution in [1.29, 1.82) is 0 Å². The molecule has 9 rings (SSSR count). The molecule has 2 saturated carbocycles. The number of benzene rings is 2. The predicted molar refractivity (Wildman–Crippen MR) is 243 cm³/mol. The number of fused-ring (bicyclic) bond motifs is 3. The van der Waals surface area contributed by atoms with Gasteiger partial charge in [-0.2, -0.15) is 24.3 Å². The first-order valence-electron chi connectivity index (χ1n) is 21.3. The number of aliphatic imine (C=N–C) groups is 1. The fourth-order valence-corrected chi connectivity index (χ4v) is 9.00. The fraction of sp³-hybridized carbons (Fsp3) is 0.391. The second-order valence-electron chi connectivity index (χ2n) is 17.5. The number of methoxy groups -OCH3 is 2. The van der Waals surface area contributed by atoms with Gasteiger partial charge in [0.05, 0.1) is 66.5 Å². The Balaban J connectivity index is 0.000000175. The summed E-state index contributed by atoms with van der Waals surface area (Å²) in [4.78, 5) is 39.4. The van der Waals surface area contributed by atoms with Crippen molar-refractivity contribution in [1.82, 2.24) is 39.0 Å². The Bertz CT molecular complexity index is 2860. The molecule has 0 radical (unpaired) electrons. The molecule has 5 heterocycles. The van der Waals surface area contributed by atoms with Gasteiger partial charge in [-0.1, -0.05) is 13.8 Å². The van der Waals surface area contributed by atoms with Crippen LogP contribution in [0.5, 0.6) is 11.5 Å². The van der Waals surface area contributed by atoms with Crippen LogP contribution in [-0.2, 0) is 0 Å². The number of rotatable bonds is 9. The largest absolute Gasteiger partial charge is 0.496 e. The molecular formula is C46H54N12O6. The van der Waals surface area contributed by atoms with Crippen LogP contribution in [0.25, 0.3) is 22.2 Å². The second kappa shape index (κ2) is 17.7. The van der Waals surface area contributed by atoms with Crippen LogP contribution in [0.1, 0.15) is 98.5 Å². The van der Waals surface area contributed by atoms with Gasteiger partial charge >= 0.3 is 0 Å². The monoisotopic (exact) mass is 870 g/mol. The Kier molecular flexibility index (Phi) is 12.1. The highest BCUT2D eigenvalue weighted by Crippen LogP contribution is 2.40. The number of aromatic nitrogens is 8. The van der Waals surface area contributed by atoms with Crippen LogP contribution in [0.2, 0.25) is 0 Å². The van der Waals surface area contributed by atoms with E-state index in [2.05, 4.69) is 44.6 Å². The molecule has 0 aliphatic heterocycles. The molecule has 5 aromatic heterocycles. The first-order valence-corrected chi connectivity index (χ1v) is 21.3. The number of carbonyl (C=O) groups excluding carboxylic acids is 2. The van der Waals surface area contributed by atoms with Crippen molar-refractivity contribution in [2.45, 2.75) is 89.5 Å². The maximum atomic E-state index is 13.1. The average molecular weight is 871 g/mol. The number of nitrogens with one attached hydrogen (secondary N) is 2. The zero-order valence-electron chi connectivity index (χ0n) is 36.8. The third kappa shape index (κ3) is 9.23. The zero-order valence-corrected chi connectivity index (χ0v) is 36.8. The number of anilines is 3. The molecule has 2 aliphatic carbocycles. The lowest BCUT2D eigenvalue weighted by Crippen LogP contribution is -2.37. The number of nitrogen functional groups attached to an aromatic ring is 1. The summed E-state index contributed by atoms with van der Waals surface area (Å²) in [6.45, 7) is 8.01. The van der Waals surface area contributed by atoms with Crippen molar-refractivity contribution >= 4 is 57.5 Å². The lowest BCUT2D eigenvalue weighted by molar-refractivity contribution is -0.0146. The van der Waals surface area contributed by atoms with E-state index in [1.54, 1.807) is 82.5 Å². The Morgan fingerprint density at radius 1 is 0.828 bits per heavy atom. The number of amides is 2. The lowest BCUT2D eigenvalue weighted by atomic mass is 9.77. The fourth-order valence-electron chi connectivity index (χ4n) is 9.00. The van der Waals surface area contributed by atoms with E-state index in [9.17, 15) is 19.8 Å². The number of hydrogen-bond acceptors (Lipinski definition) is 13. The summed E-state index contributed by atoms with van der Waals surface area (Å²) in [7, 11) is 3.03. The molecule has 2 aliphatic rings. The number of imidazole rings is 2. The maximum Gasteiger partial charge on any atom is 0.260 e. The van der Waals surface area contributed by atoms with Gasteiger partial charge < -0.3 is 36.1 Å². The standard InChI is InChI=1S/C23H26N6O3.C23H28N6O3/c1-14-11-23(2,31)7-6-18(14)28-13-15-9-16(19(32-3)10-17(15)27-28)22(30)26-21-12-24-20-5-4-8-25-29(20)21;1-14-11-23(2,31)7-6-18(14)25-12-15-9-16(19(32-3)10-17(15)24)22(30)28-21-13-26-20-5-4-8-27-29(20)21/h4-5,8-10,12-14,18,31H,6-7,11H2,1-3H3,(H,26,30);4-5,8-10,12-14,18,31H,6-7,11,24H2,1-3H3,(H,28,30)/t14-,18-,23+;14-,18-,23-/m11/s1. The Labute approximate surface area is 369 Å². The maximum absolute atomic E-state index is 13.1. The molecule has 7 aromatic rings. The number of hydrogen-bond donors (Lipinski definition) is 5. The molecule has 18 heteroatoms. The Morgan fingerprint density at radius 3 is 1.97 bits per heavy atom. The minimum Gasteiger partial charge on any atom is -0.496 e. The van der Waals surface area contributed by atoms with Crippen molar-refractivity contribution < 1.29 is 29.3 Å². The number of ether oxygens (including phenoxy) is 2. The molecule has 0 bridgehead atoms. The average Bonchev–Trinajstić information content (AvgIpc) is 3.99. The van der Waals surface area contributed by atoms with Crippen LogP contribution < -0.4 is 25.8 Å². The first-order chi connectivity index (χ1) is 30.6. The number of carbonyl (C=O) groups is 2. The normalized spacial score (nSPS) is 23.5. The predicted octanol–water partition coefficient (Wildman–Crippen LogP) is 6.38. The summed E-state index contributed by atoms with van der Waals surface area (Å²) >= 11 is 0. The van der Waals surface area contributed by atoms with Crippen molar-refractivity contribution in [2.24, 2.45) is 16.8 Å². The van der Waals surface area contributed by atoms with E-state index >= 15 is 0 Å². The summed E-state index contributed by atoms with van der Waals surface area (Å²) in [5.74, 6) is 1.59. The summed E-state index contributed by atoms with van der Waals surface area (Å²) in [6.07, 6.45) is 14.6. The highest BCUT2D eigenvalue weighted by atomic mass is 16.5. The van der Waals surface area contributed by atoms with Crippen LogP contribution in [0.3, 0.4) is 0 Å². The highest BCUT2D eigenvalue weighted by Gasteiger charge is 2.36. The molecule has 2 fully saturated rings. The number of nitrogens with zero attached hydrogens (tertiary/aromatic N) is 9. The molecule has 334 valence electrons. The minimum atomic E-state index is -0.636. The molecule has 2 aromatic carbocycles. The van der Waals surface area contributed by atoms with Gasteiger partial charge in [0.15, 0.2) is 22.9 Å². The third-order valence-corrected chi connectivity index (χ3v) is 12.3. The van der Waals surface area contributed by atoms with Crippen LogP contribution >= 0.6 is 0 Å². The van der Waals surface area contributed by atoms with Crippen molar-refractivity contribution in [3.63, 3.8) is 0 Å². The van der Waals surface area contributed by atoms with Gasteiger partial charge in [-0.25, -0.2) is 9.97 Å². The van der Waals surface area contributed by atoms with Gasteiger partial charge in [-0.05, 0) is 101 Å². The smallest absolute Gasteiger partial charge is 0.260 e. The number of nitrogens with two attached hydrogens (primary N) is 1. The summed E-state index contributed by atoms with van der Waals surface area (Å²) in [5.41, 5.74) is 8.82. The van der Waals surface area contributed by atoms with Crippen LogP contribution in [0.15, 0.2) is 84.5 Å². The van der Waals surface area contributed by atoms with E-state index in [-0.39, 0.29) is 29.8 Å². The van der Waals surface area contributed by atoms with E-state index in [0.29, 0.717) is 75.6 Å². The van der Waals surface area contributed by atoms with Gasteiger partial charge in [0.25, 0.3) is 11.8 Å². The summed E-state index contributed by atoms with van der Waals surface area (Å²) in [6, 6.07) is 14.4. The highest BCUT2D eigenvalue weighted by molar-refractivity contribution is 6.09. The minimum absolute atomic E-state index is 0.0956. The molecule has 0 saturated heterocycles. The summed E-state index contributed by atoms with van der Waals surface area (Å²) < 4.78 is 16.0. The molecule has 6 atom stereocenters. The Hall–Kier alpha value is -6.92. The van der Waals surface area contributed by atoms with Gasteiger partial charge in [-0.3, -0.25) is 19.3 Å². The second-order valence-corrected chi connectivity index (χ2v) is 17.5. The first kappa shape index (κ1) is 43.7. The van der Waals surface area contributed by atoms with E-state index in [4.69, 9.17) is 25.3 Å². The third-order valence-electron chi connectivity index (χ3n) is 12.3. The van der Waals surface area contributed by atoms with Crippen LogP contribution in [-0.4, -0.2) is 98.7 Å². The van der Waals surface area contributed by atoms with Gasteiger partial charge in [0, 0.05) is 53.6 Å². The van der Waals surface area contributed by atoms with Crippen LogP contribution in [0, 0.1) is 11.8 Å². The van der Waals surface area contributed by atoms with E-state index < -0.39 is 11.2 Å². The molecule has 18 nitrogen and oxygen atoms in total. The van der Waals surface area contributed by atoms with E-state index in [0.717, 1.165) is 36.6 Å². The molecule has 0 unspecified atom stereocenters. The van der Waals surface area contributed by atoms with Gasteiger partial charge in [0.2, 0.25) is 0 Å². The summed E-state index contributed by atoms with van der Waals surface area (Å²) in [5, 5.41) is 40.4. The molecule has 64 heavy (non-hydrogen) atoms. The van der Waals surface area contributed by atoms with Crippen molar-refractivity contribution in [3.8, 4) is 11.5 Å². The SMILES string of the molecule is COc1cc(N)c(C=N[C@@H]2CC[C@@](C)(O)C[C@H]2C)cc1C(=O)Nc1cnc2cccnn12.COc1cc2nn([C@@H]3CC[C@](C)(O)C[C@H]3C)cc2cc1C(=O)Nc1cnc2cccnn12. The molecule has 6 N–H and O–H groups in total. The number of aliphatic hydroxyl groups is 2. The quantitative estimate of drug-likeness (QED) is 0.0785. The van der Waals surface area contributed by atoms with Crippen molar-refractivity contribution in [2.75, 3.05) is 30.6 Å². The lowest BCUT2D eigenvalue weighted by Gasteiger charge is -2.38. The molecular weight excluding hydrogens is 817 g/mol. The van der Waals surface area contributed by atoms with E-state index in [1.807, 2.05) is 30.8 Å². The van der Waals surface area contributed by atoms with Crippen molar-refractivity contribution in [3.05, 3.63) is 96.2 Å². The topological polar surface area (TPSA) is 234 Å². The van der Waals surface area contributed by atoms with E-state index in [1.165, 1.54) is 14.2 Å².